The van der Waals surface area contributed by atoms with Crippen molar-refractivity contribution in [1.82, 2.24) is 9.88 Å². The molecule has 6 heteroatoms. The van der Waals surface area contributed by atoms with Crippen molar-refractivity contribution >= 4 is 22.6 Å². The molecule has 1 saturated heterocycles. The van der Waals surface area contributed by atoms with Gasteiger partial charge in [0, 0.05) is 23.3 Å². The normalized spacial score (nSPS) is 22.3. The molecule has 1 spiro atoms. The number of hydrogen-bond donors (Lipinski definition) is 1. The molecule has 24 heavy (non-hydrogen) atoms. The summed E-state index contributed by atoms with van der Waals surface area (Å²) in [5.41, 5.74) is 0.0961. The Hall–Kier alpha value is -2.47. The number of benzene rings is 1. The predicted octanol–water partition coefficient (Wildman–Crippen LogP) is 2.08. The SMILES string of the molecule is O=C(O)C1CN(C(=O)c2cccc3cnccc23)CC2(CCC2)O1. The first-order valence-corrected chi connectivity index (χ1v) is 8.11. The van der Waals surface area contributed by atoms with Crippen LogP contribution in [0.25, 0.3) is 10.8 Å². The Bertz CT molecular complexity index is 810. The molecule has 1 N–H and O–H groups in total. The Morgan fingerprint density at radius 2 is 2.12 bits per heavy atom. The molecule has 1 aliphatic heterocycles. The second kappa shape index (κ2) is 5.56. The molecule has 4 rings (SSSR count). The van der Waals surface area contributed by atoms with Gasteiger partial charge < -0.3 is 14.7 Å². The lowest BCUT2D eigenvalue weighted by molar-refractivity contribution is -0.199. The van der Waals surface area contributed by atoms with E-state index in [0.717, 1.165) is 30.0 Å². The van der Waals surface area contributed by atoms with E-state index in [1.54, 1.807) is 23.4 Å². The maximum absolute atomic E-state index is 13.1. The number of carboxylic acids is 1. The van der Waals surface area contributed by atoms with E-state index in [2.05, 4.69) is 4.98 Å². The molecule has 1 aliphatic carbocycles. The second-order valence-electron chi connectivity index (χ2n) is 6.57. The fourth-order valence-electron chi connectivity index (χ4n) is 3.60. The van der Waals surface area contributed by atoms with Crippen LogP contribution in [0.3, 0.4) is 0 Å². The van der Waals surface area contributed by atoms with E-state index < -0.39 is 17.7 Å². The van der Waals surface area contributed by atoms with Crippen LogP contribution in [0.1, 0.15) is 29.6 Å². The molecule has 0 bridgehead atoms. The van der Waals surface area contributed by atoms with E-state index in [-0.39, 0.29) is 12.5 Å². The average Bonchev–Trinajstić information content (AvgIpc) is 2.58. The van der Waals surface area contributed by atoms with E-state index in [0.29, 0.717) is 12.1 Å². The minimum Gasteiger partial charge on any atom is -0.479 e. The fraction of sp³-hybridized carbons (Fsp3) is 0.389. The number of aliphatic carboxylic acids is 1. The lowest BCUT2D eigenvalue weighted by Gasteiger charge is -2.50. The van der Waals surface area contributed by atoms with Crippen molar-refractivity contribution in [2.45, 2.75) is 31.0 Å². The van der Waals surface area contributed by atoms with Crippen molar-refractivity contribution in [3.05, 3.63) is 42.2 Å². The Balaban J connectivity index is 1.68. The van der Waals surface area contributed by atoms with E-state index in [4.69, 9.17) is 4.74 Å². The molecule has 0 radical (unpaired) electrons. The highest BCUT2D eigenvalue weighted by Crippen LogP contribution is 2.40. The van der Waals surface area contributed by atoms with Crippen LogP contribution >= 0.6 is 0 Å². The molecule has 1 saturated carbocycles. The highest BCUT2D eigenvalue weighted by Gasteiger charge is 2.48. The zero-order valence-corrected chi connectivity index (χ0v) is 13.1. The van der Waals surface area contributed by atoms with Gasteiger partial charge in [-0.3, -0.25) is 9.78 Å². The van der Waals surface area contributed by atoms with Crippen LogP contribution in [-0.2, 0) is 9.53 Å². The van der Waals surface area contributed by atoms with Gasteiger partial charge in [0.2, 0.25) is 0 Å². The Morgan fingerprint density at radius 3 is 2.83 bits per heavy atom. The summed E-state index contributed by atoms with van der Waals surface area (Å²) in [4.78, 5) is 30.2. The van der Waals surface area contributed by atoms with Crippen LogP contribution in [0.5, 0.6) is 0 Å². The first-order chi connectivity index (χ1) is 11.6. The molecule has 1 unspecified atom stereocenters. The first kappa shape index (κ1) is 15.1. The number of aromatic nitrogens is 1. The summed E-state index contributed by atoms with van der Waals surface area (Å²) >= 11 is 0. The van der Waals surface area contributed by atoms with E-state index in [1.165, 1.54) is 0 Å². The molecule has 2 aromatic rings. The van der Waals surface area contributed by atoms with Crippen molar-refractivity contribution in [2.24, 2.45) is 0 Å². The number of amides is 1. The van der Waals surface area contributed by atoms with Gasteiger partial charge in [0.15, 0.2) is 6.10 Å². The van der Waals surface area contributed by atoms with Gasteiger partial charge in [-0.25, -0.2) is 4.79 Å². The summed E-state index contributed by atoms with van der Waals surface area (Å²) in [6.07, 6.45) is 5.04. The predicted molar refractivity (Wildman–Crippen MR) is 86.7 cm³/mol. The van der Waals surface area contributed by atoms with Crippen LogP contribution in [-0.4, -0.2) is 51.7 Å². The van der Waals surface area contributed by atoms with E-state index in [9.17, 15) is 14.7 Å². The number of morpholine rings is 1. The smallest absolute Gasteiger partial charge is 0.334 e. The third-order valence-corrected chi connectivity index (χ3v) is 5.00. The van der Waals surface area contributed by atoms with Crippen molar-refractivity contribution in [3.8, 4) is 0 Å². The molecular formula is C18H18N2O4. The van der Waals surface area contributed by atoms with Gasteiger partial charge in [-0.2, -0.15) is 0 Å². The summed E-state index contributed by atoms with van der Waals surface area (Å²) in [7, 11) is 0. The Labute approximate surface area is 139 Å². The van der Waals surface area contributed by atoms with E-state index in [1.807, 2.05) is 18.2 Å². The third kappa shape index (κ3) is 2.43. The molecule has 1 atom stereocenters. The van der Waals surface area contributed by atoms with Crippen LogP contribution in [0.15, 0.2) is 36.7 Å². The molecule has 2 fully saturated rings. The zero-order valence-electron chi connectivity index (χ0n) is 13.1. The van der Waals surface area contributed by atoms with Crippen molar-refractivity contribution < 1.29 is 19.4 Å². The molecule has 2 heterocycles. The number of ether oxygens (including phenoxy) is 1. The van der Waals surface area contributed by atoms with Gasteiger partial charge in [-0.1, -0.05) is 12.1 Å². The van der Waals surface area contributed by atoms with Gasteiger partial charge >= 0.3 is 5.97 Å². The summed E-state index contributed by atoms with van der Waals surface area (Å²) in [5.74, 6) is -1.16. The summed E-state index contributed by atoms with van der Waals surface area (Å²) in [5, 5.41) is 11.1. The lowest BCUT2D eigenvalue weighted by atomic mass is 9.78. The molecule has 1 aromatic heterocycles. The highest BCUT2D eigenvalue weighted by atomic mass is 16.5. The molecule has 1 aromatic carbocycles. The first-order valence-electron chi connectivity index (χ1n) is 8.11. The third-order valence-electron chi connectivity index (χ3n) is 5.00. The quantitative estimate of drug-likeness (QED) is 0.914. The van der Waals surface area contributed by atoms with Crippen LogP contribution < -0.4 is 0 Å². The summed E-state index contributed by atoms with van der Waals surface area (Å²) < 4.78 is 5.77. The number of carboxylic acid groups (broad SMARTS) is 1. The summed E-state index contributed by atoms with van der Waals surface area (Å²) in [6, 6.07) is 7.33. The summed E-state index contributed by atoms with van der Waals surface area (Å²) in [6.45, 7) is 0.536. The lowest BCUT2D eigenvalue weighted by Crippen LogP contribution is -2.61. The van der Waals surface area contributed by atoms with Crippen molar-refractivity contribution in [1.29, 1.82) is 0 Å². The van der Waals surface area contributed by atoms with Crippen LogP contribution in [0.4, 0.5) is 0 Å². The van der Waals surface area contributed by atoms with Crippen LogP contribution in [0, 0.1) is 0 Å². The number of fused-ring (bicyclic) bond motifs is 1. The van der Waals surface area contributed by atoms with Crippen LogP contribution in [0.2, 0.25) is 0 Å². The fourth-order valence-corrected chi connectivity index (χ4v) is 3.60. The standard InChI is InChI=1S/C18H18N2O4/c21-16(14-4-1-3-12-9-19-8-5-13(12)14)20-10-15(17(22)23)24-18(11-20)6-2-7-18/h1,3-5,8-9,15H,2,6-7,10-11H2,(H,22,23). The Morgan fingerprint density at radius 1 is 1.29 bits per heavy atom. The number of pyridine rings is 1. The molecule has 1 amide bonds. The van der Waals surface area contributed by atoms with Crippen molar-refractivity contribution in [3.63, 3.8) is 0 Å². The number of rotatable bonds is 2. The highest BCUT2D eigenvalue weighted by molar-refractivity contribution is 6.07. The average molecular weight is 326 g/mol. The maximum atomic E-state index is 13.1. The molecule has 124 valence electrons. The number of carbonyl (C=O) groups excluding carboxylic acids is 1. The van der Waals surface area contributed by atoms with Gasteiger partial charge in [-0.15, -0.1) is 0 Å². The minimum absolute atomic E-state index is 0.0807. The molecule has 2 aliphatic rings. The zero-order chi connectivity index (χ0) is 16.7. The second-order valence-corrected chi connectivity index (χ2v) is 6.57. The number of carbonyl (C=O) groups is 2. The molecular weight excluding hydrogens is 308 g/mol. The van der Waals surface area contributed by atoms with Crippen molar-refractivity contribution in [2.75, 3.05) is 13.1 Å². The van der Waals surface area contributed by atoms with Gasteiger partial charge in [0.05, 0.1) is 18.7 Å². The number of hydrogen-bond acceptors (Lipinski definition) is 4. The molecule has 6 nitrogen and oxygen atoms in total. The maximum Gasteiger partial charge on any atom is 0.334 e. The largest absolute Gasteiger partial charge is 0.479 e. The van der Waals surface area contributed by atoms with Gasteiger partial charge in [0.1, 0.15) is 0 Å². The van der Waals surface area contributed by atoms with E-state index >= 15 is 0 Å². The van der Waals surface area contributed by atoms with Gasteiger partial charge in [-0.05, 0) is 36.8 Å². The van der Waals surface area contributed by atoms with Gasteiger partial charge in [0.25, 0.3) is 5.91 Å². The number of nitrogens with zero attached hydrogens (tertiary/aromatic N) is 2. The monoisotopic (exact) mass is 326 g/mol. The Kier molecular flexibility index (Phi) is 3.49. The minimum atomic E-state index is -1.01. The topological polar surface area (TPSA) is 79.7 Å².